The molecule has 1 heterocycles. The minimum Gasteiger partial charge on any atom is -0.330 e. The molecule has 0 atom stereocenters. The number of halogens is 1. The second-order valence-corrected chi connectivity index (χ2v) is 4.83. The number of aromatic nitrogens is 3. The molecule has 5 heteroatoms. The fourth-order valence-electron chi connectivity index (χ4n) is 1.73. The van der Waals surface area contributed by atoms with Crippen molar-refractivity contribution in [3.05, 3.63) is 46.0 Å². The zero-order valence-electron chi connectivity index (χ0n) is 9.73. The van der Waals surface area contributed by atoms with Crippen LogP contribution in [-0.2, 0) is 19.9 Å². The van der Waals surface area contributed by atoms with Gasteiger partial charge in [0, 0.05) is 24.4 Å². The molecule has 1 aromatic carbocycles. The Labute approximate surface area is 109 Å². The third-order valence-corrected chi connectivity index (χ3v) is 3.01. The van der Waals surface area contributed by atoms with Crippen LogP contribution in [0.5, 0.6) is 0 Å². The van der Waals surface area contributed by atoms with Gasteiger partial charge in [-0.05, 0) is 24.2 Å². The van der Waals surface area contributed by atoms with Gasteiger partial charge in [-0.15, -0.1) is 0 Å². The summed E-state index contributed by atoms with van der Waals surface area (Å²) in [6, 6.07) is 8.18. The second-order valence-electron chi connectivity index (χ2n) is 3.91. The topological polar surface area (TPSA) is 56.7 Å². The Bertz CT molecular complexity index is 507. The van der Waals surface area contributed by atoms with Crippen LogP contribution in [0.15, 0.2) is 28.7 Å². The number of hydrogen-bond acceptors (Lipinski definition) is 3. The predicted molar refractivity (Wildman–Crippen MR) is 70.7 cm³/mol. The number of nitrogens with zero attached hydrogens (tertiary/aromatic N) is 3. The lowest BCUT2D eigenvalue weighted by molar-refractivity contribution is 0.691. The summed E-state index contributed by atoms with van der Waals surface area (Å²) in [5.74, 6) is 1.78. The van der Waals surface area contributed by atoms with E-state index in [2.05, 4.69) is 38.1 Å². The fraction of sp³-hybridized carbons (Fsp3) is 0.333. The van der Waals surface area contributed by atoms with Crippen LogP contribution in [-0.4, -0.2) is 21.3 Å². The first-order valence-corrected chi connectivity index (χ1v) is 6.31. The van der Waals surface area contributed by atoms with Gasteiger partial charge < -0.3 is 5.73 Å². The second kappa shape index (κ2) is 5.42. The van der Waals surface area contributed by atoms with Crippen molar-refractivity contribution in [3.8, 4) is 0 Å². The summed E-state index contributed by atoms with van der Waals surface area (Å²) in [6.07, 6.45) is 1.51. The molecule has 2 rings (SSSR count). The molecule has 4 nitrogen and oxygen atoms in total. The van der Waals surface area contributed by atoms with Gasteiger partial charge in [0.25, 0.3) is 0 Å². The molecule has 1 aromatic heterocycles. The molecular weight excluding hydrogens is 280 g/mol. The van der Waals surface area contributed by atoms with E-state index < -0.39 is 0 Å². The third-order valence-electron chi connectivity index (χ3n) is 2.52. The Morgan fingerprint density at radius 2 is 2.24 bits per heavy atom. The first-order chi connectivity index (χ1) is 8.19. The molecule has 0 bridgehead atoms. The molecule has 0 radical (unpaired) electrons. The van der Waals surface area contributed by atoms with Gasteiger partial charge in [-0.3, -0.25) is 4.68 Å². The van der Waals surface area contributed by atoms with E-state index >= 15 is 0 Å². The standard InChI is InChI=1S/C12H15BrN4/c1-17-12(5-6-14)15-11(16-17)8-9-3-2-4-10(13)7-9/h2-4,7H,5-6,8,14H2,1H3. The first-order valence-electron chi connectivity index (χ1n) is 5.52. The van der Waals surface area contributed by atoms with E-state index in [0.717, 1.165) is 29.0 Å². The Hall–Kier alpha value is -1.20. The van der Waals surface area contributed by atoms with E-state index in [4.69, 9.17) is 5.73 Å². The molecule has 0 fully saturated rings. The van der Waals surface area contributed by atoms with E-state index in [-0.39, 0.29) is 0 Å². The summed E-state index contributed by atoms with van der Waals surface area (Å²) in [4.78, 5) is 4.48. The lowest BCUT2D eigenvalue weighted by atomic mass is 10.1. The lowest BCUT2D eigenvalue weighted by Crippen LogP contribution is -2.08. The molecule has 0 spiro atoms. The van der Waals surface area contributed by atoms with Gasteiger partial charge in [-0.25, -0.2) is 4.98 Å². The lowest BCUT2D eigenvalue weighted by Gasteiger charge is -1.97. The first kappa shape index (κ1) is 12.3. The minimum absolute atomic E-state index is 0.600. The van der Waals surface area contributed by atoms with Crippen molar-refractivity contribution >= 4 is 15.9 Å². The molecule has 90 valence electrons. The summed E-state index contributed by atoms with van der Waals surface area (Å²) >= 11 is 3.46. The Morgan fingerprint density at radius 1 is 1.41 bits per heavy atom. The molecule has 0 aliphatic heterocycles. The molecule has 17 heavy (non-hydrogen) atoms. The molecule has 0 saturated carbocycles. The van der Waals surface area contributed by atoms with Crippen LogP contribution < -0.4 is 5.73 Å². The van der Waals surface area contributed by atoms with E-state index in [0.29, 0.717) is 6.54 Å². The van der Waals surface area contributed by atoms with Crippen molar-refractivity contribution in [2.75, 3.05) is 6.54 Å². The van der Waals surface area contributed by atoms with Crippen molar-refractivity contribution in [1.82, 2.24) is 14.8 Å². The number of hydrogen-bond donors (Lipinski definition) is 1. The summed E-state index contributed by atoms with van der Waals surface area (Å²) in [7, 11) is 1.91. The monoisotopic (exact) mass is 294 g/mol. The van der Waals surface area contributed by atoms with Gasteiger partial charge in [0.2, 0.25) is 0 Å². The SMILES string of the molecule is Cn1nc(Cc2cccc(Br)c2)nc1CCN. The summed E-state index contributed by atoms with van der Waals surface area (Å²) in [6.45, 7) is 0.600. The largest absolute Gasteiger partial charge is 0.330 e. The molecule has 0 aliphatic carbocycles. The highest BCUT2D eigenvalue weighted by atomic mass is 79.9. The summed E-state index contributed by atoms with van der Waals surface area (Å²) < 4.78 is 2.88. The smallest absolute Gasteiger partial charge is 0.155 e. The zero-order valence-corrected chi connectivity index (χ0v) is 11.3. The third kappa shape index (κ3) is 3.14. The quantitative estimate of drug-likeness (QED) is 0.933. The van der Waals surface area contributed by atoms with Gasteiger partial charge in [0.15, 0.2) is 5.82 Å². The molecule has 2 N–H and O–H groups in total. The molecular formula is C12H15BrN4. The van der Waals surface area contributed by atoms with E-state index in [1.165, 1.54) is 5.56 Å². The summed E-state index contributed by atoms with van der Waals surface area (Å²) in [5.41, 5.74) is 6.72. The molecule has 0 amide bonds. The summed E-state index contributed by atoms with van der Waals surface area (Å²) in [5, 5.41) is 4.39. The van der Waals surface area contributed by atoms with Gasteiger partial charge in [0.1, 0.15) is 5.82 Å². The number of rotatable bonds is 4. The van der Waals surface area contributed by atoms with Crippen LogP contribution in [0.4, 0.5) is 0 Å². The Balaban J connectivity index is 2.16. The Kier molecular flexibility index (Phi) is 3.91. The maximum absolute atomic E-state index is 5.52. The van der Waals surface area contributed by atoms with Crippen LogP contribution in [0.1, 0.15) is 17.2 Å². The maximum atomic E-state index is 5.52. The van der Waals surface area contributed by atoms with Crippen molar-refractivity contribution in [2.45, 2.75) is 12.8 Å². The van der Waals surface area contributed by atoms with Crippen LogP contribution >= 0.6 is 15.9 Å². The van der Waals surface area contributed by atoms with Gasteiger partial charge >= 0.3 is 0 Å². The fourth-order valence-corrected chi connectivity index (χ4v) is 2.17. The zero-order chi connectivity index (χ0) is 12.3. The highest BCUT2D eigenvalue weighted by Gasteiger charge is 2.07. The highest BCUT2D eigenvalue weighted by Crippen LogP contribution is 2.14. The molecule has 2 aromatic rings. The van der Waals surface area contributed by atoms with Crippen LogP contribution in [0.25, 0.3) is 0 Å². The van der Waals surface area contributed by atoms with Gasteiger partial charge in [-0.1, -0.05) is 28.1 Å². The molecule has 0 saturated heterocycles. The molecule has 0 unspecified atom stereocenters. The van der Waals surface area contributed by atoms with Crippen LogP contribution in [0.3, 0.4) is 0 Å². The maximum Gasteiger partial charge on any atom is 0.155 e. The number of aryl methyl sites for hydroxylation is 1. The number of nitrogens with two attached hydrogens (primary N) is 1. The minimum atomic E-state index is 0.600. The van der Waals surface area contributed by atoms with Crippen LogP contribution in [0, 0.1) is 0 Å². The van der Waals surface area contributed by atoms with Gasteiger partial charge in [-0.2, -0.15) is 5.10 Å². The van der Waals surface area contributed by atoms with Crippen LogP contribution in [0.2, 0.25) is 0 Å². The van der Waals surface area contributed by atoms with E-state index in [1.807, 2.05) is 19.2 Å². The highest BCUT2D eigenvalue weighted by molar-refractivity contribution is 9.10. The van der Waals surface area contributed by atoms with E-state index in [1.54, 1.807) is 4.68 Å². The van der Waals surface area contributed by atoms with Crippen molar-refractivity contribution in [1.29, 1.82) is 0 Å². The Morgan fingerprint density at radius 3 is 2.94 bits per heavy atom. The van der Waals surface area contributed by atoms with Crippen molar-refractivity contribution < 1.29 is 0 Å². The van der Waals surface area contributed by atoms with Gasteiger partial charge in [0.05, 0.1) is 0 Å². The molecule has 0 aliphatic rings. The normalized spacial score (nSPS) is 10.8. The van der Waals surface area contributed by atoms with E-state index in [9.17, 15) is 0 Å². The average molecular weight is 295 g/mol. The van der Waals surface area contributed by atoms with Crippen molar-refractivity contribution in [2.24, 2.45) is 12.8 Å². The predicted octanol–water partition coefficient (Wildman–Crippen LogP) is 1.67. The average Bonchev–Trinajstić information content (AvgIpc) is 2.60. The number of benzene rings is 1. The van der Waals surface area contributed by atoms with Crippen molar-refractivity contribution in [3.63, 3.8) is 0 Å².